The van der Waals surface area contributed by atoms with Crippen molar-refractivity contribution in [2.45, 2.75) is 19.4 Å². The summed E-state index contributed by atoms with van der Waals surface area (Å²) in [7, 11) is 1.56. The van der Waals surface area contributed by atoms with E-state index in [-0.39, 0.29) is 25.0 Å². The highest BCUT2D eigenvalue weighted by molar-refractivity contribution is 5.95. The standard InChI is InChI=1S/C24H24N4O4/c1-31-20-5-4-17-13-21(20)32-15-22(29)26-14-16-10-18(24(30)27-7-2-3-8-27)12-19(11-16)28-9-6-25-23(17)28/h4-6,9-13H,2-3,7-8,14-15H2,1H3,(H,26,29). The second-order valence-corrected chi connectivity index (χ2v) is 7.94. The fourth-order valence-electron chi connectivity index (χ4n) is 4.19. The highest BCUT2D eigenvalue weighted by atomic mass is 16.5. The second kappa shape index (κ2) is 8.37. The van der Waals surface area contributed by atoms with Crippen molar-refractivity contribution in [3.63, 3.8) is 0 Å². The maximum absolute atomic E-state index is 13.1. The van der Waals surface area contributed by atoms with Crippen LogP contribution in [0.4, 0.5) is 0 Å². The average Bonchev–Trinajstić information content (AvgIpc) is 3.52. The van der Waals surface area contributed by atoms with Gasteiger partial charge in [0.2, 0.25) is 0 Å². The van der Waals surface area contributed by atoms with Crippen molar-refractivity contribution >= 4 is 11.8 Å². The number of nitrogens with zero attached hydrogens (tertiary/aromatic N) is 3. The number of amides is 2. The minimum Gasteiger partial charge on any atom is -0.493 e. The zero-order valence-electron chi connectivity index (χ0n) is 17.8. The monoisotopic (exact) mass is 432 g/mol. The molecule has 1 saturated heterocycles. The summed E-state index contributed by atoms with van der Waals surface area (Å²) < 4.78 is 13.1. The van der Waals surface area contributed by atoms with Crippen molar-refractivity contribution < 1.29 is 19.1 Å². The van der Waals surface area contributed by atoms with Crippen LogP contribution in [0.2, 0.25) is 0 Å². The van der Waals surface area contributed by atoms with Crippen LogP contribution in [-0.4, -0.2) is 53.1 Å². The van der Waals surface area contributed by atoms with Crippen molar-refractivity contribution in [2.24, 2.45) is 0 Å². The Morgan fingerprint density at radius 3 is 2.81 bits per heavy atom. The van der Waals surface area contributed by atoms with E-state index in [2.05, 4.69) is 10.3 Å². The Hall–Kier alpha value is -3.81. The predicted molar refractivity (Wildman–Crippen MR) is 118 cm³/mol. The third-order valence-electron chi connectivity index (χ3n) is 5.81. The summed E-state index contributed by atoms with van der Waals surface area (Å²) in [4.78, 5) is 32.0. The largest absolute Gasteiger partial charge is 0.493 e. The van der Waals surface area contributed by atoms with Crippen LogP contribution >= 0.6 is 0 Å². The van der Waals surface area contributed by atoms with E-state index < -0.39 is 0 Å². The van der Waals surface area contributed by atoms with Crippen molar-refractivity contribution in [3.05, 3.63) is 59.9 Å². The van der Waals surface area contributed by atoms with E-state index in [0.717, 1.165) is 42.7 Å². The maximum atomic E-state index is 13.1. The van der Waals surface area contributed by atoms with Crippen molar-refractivity contribution in [3.8, 4) is 28.6 Å². The first-order valence-corrected chi connectivity index (χ1v) is 10.7. The van der Waals surface area contributed by atoms with Crippen LogP contribution in [0.15, 0.2) is 48.8 Å². The summed E-state index contributed by atoms with van der Waals surface area (Å²) in [5, 5.41) is 2.87. The van der Waals surface area contributed by atoms with Gasteiger partial charge in [-0.2, -0.15) is 0 Å². The summed E-state index contributed by atoms with van der Waals surface area (Å²) in [6.07, 6.45) is 5.64. The van der Waals surface area contributed by atoms with Crippen LogP contribution in [0.5, 0.6) is 11.5 Å². The van der Waals surface area contributed by atoms with Gasteiger partial charge in [-0.3, -0.25) is 14.2 Å². The van der Waals surface area contributed by atoms with E-state index in [0.29, 0.717) is 22.9 Å². The molecule has 2 aliphatic heterocycles. The smallest absolute Gasteiger partial charge is 0.258 e. The fourth-order valence-corrected chi connectivity index (χ4v) is 4.19. The number of hydrogen-bond acceptors (Lipinski definition) is 5. The van der Waals surface area contributed by atoms with Crippen LogP contribution in [0.25, 0.3) is 17.1 Å². The van der Waals surface area contributed by atoms with Crippen molar-refractivity contribution in [1.29, 1.82) is 0 Å². The SMILES string of the molecule is COc1ccc2cc1OCC(=O)NCc1cc(C(=O)N3CCCC3)cc(c1)-n1ccnc1-2. The van der Waals surface area contributed by atoms with Gasteiger partial charge in [0.1, 0.15) is 5.82 Å². The van der Waals surface area contributed by atoms with Gasteiger partial charge in [0, 0.05) is 48.8 Å². The number of fused-ring (bicyclic) bond motifs is 7. The molecule has 3 aromatic rings. The zero-order valence-corrected chi connectivity index (χ0v) is 17.8. The Kier molecular flexibility index (Phi) is 5.26. The molecule has 0 unspecified atom stereocenters. The third kappa shape index (κ3) is 3.79. The third-order valence-corrected chi connectivity index (χ3v) is 5.81. The molecule has 0 atom stereocenters. The first kappa shape index (κ1) is 20.1. The molecule has 1 fully saturated rings. The summed E-state index contributed by atoms with van der Waals surface area (Å²) in [5.74, 6) is 1.46. The van der Waals surface area contributed by atoms with Gasteiger partial charge in [-0.15, -0.1) is 0 Å². The molecule has 4 bridgehead atoms. The van der Waals surface area contributed by atoms with Gasteiger partial charge in [-0.1, -0.05) is 0 Å². The number of benzene rings is 2. The van der Waals surface area contributed by atoms with Crippen LogP contribution in [-0.2, 0) is 11.3 Å². The molecule has 32 heavy (non-hydrogen) atoms. The quantitative estimate of drug-likeness (QED) is 0.673. The van der Waals surface area contributed by atoms with E-state index in [4.69, 9.17) is 9.47 Å². The number of carbonyl (C=O) groups is 2. The fraction of sp³-hybridized carbons (Fsp3) is 0.292. The van der Waals surface area contributed by atoms with Gasteiger partial charge >= 0.3 is 0 Å². The molecular formula is C24H24N4O4. The Morgan fingerprint density at radius 2 is 2.00 bits per heavy atom. The summed E-state index contributed by atoms with van der Waals surface area (Å²) in [5.41, 5.74) is 3.06. The number of likely N-dealkylation sites (tertiary alicyclic amines) is 1. The lowest BCUT2D eigenvalue weighted by molar-refractivity contribution is -0.123. The van der Waals surface area contributed by atoms with Gasteiger partial charge in [0.15, 0.2) is 18.1 Å². The summed E-state index contributed by atoms with van der Waals surface area (Å²) >= 11 is 0. The van der Waals surface area contributed by atoms with Crippen LogP contribution in [0.3, 0.4) is 0 Å². The number of rotatable bonds is 2. The van der Waals surface area contributed by atoms with E-state index in [9.17, 15) is 9.59 Å². The predicted octanol–water partition coefficient (Wildman–Crippen LogP) is 2.79. The van der Waals surface area contributed by atoms with Crippen LogP contribution < -0.4 is 14.8 Å². The number of ether oxygens (including phenoxy) is 2. The molecular weight excluding hydrogens is 408 g/mol. The van der Waals surface area contributed by atoms with Gasteiger partial charge in [0.25, 0.3) is 11.8 Å². The van der Waals surface area contributed by atoms with Crippen LogP contribution in [0, 0.1) is 0 Å². The molecule has 164 valence electrons. The molecule has 3 heterocycles. The van der Waals surface area contributed by atoms with Crippen LogP contribution in [0.1, 0.15) is 28.8 Å². The number of carbonyl (C=O) groups excluding carboxylic acids is 2. The van der Waals surface area contributed by atoms with E-state index in [1.165, 1.54) is 0 Å². The number of aromatic nitrogens is 2. The molecule has 1 N–H and O–H groups in total. The van der Waals surface area contributed by atoms with Gasteiger partial charge < -0.3 is 19.7 Å². The van der Waals surface area contributed by atoms with Crippen molar-refractivity contribution in [1.82, 2.24) is 19.8 Å². The van der Waals surface area contributed by atoms with E-state index >= 15 is 0 Å². The molecule has 5 rings (SSSR count). The summed E-state index contributed by atoms with van der Waals surface area (Å²) in [6, 6.07) is 11.2. The van der Waals surface area contributed by atoms with Gasteiger partial charge in [-0.25, -0.2) is 4.98 Å². The molecule has 2 aromatic carbocycles. The lowest BCUT2D eigenvalue weighted by atomic mass is 10.1. The molecule has 0 saturated carbocycles. The first-order chi connectivity index (χ1) is 15.6. The minimum atomic E-state index is -0.257. The zero-order chi connectivity index (χ0) is 22.1. The van der Waals surface area contributed by atoms with E-state index in [1.54, 1.807) is 19.4 Å². The molecule has 8 heteroatoms. The number of nitrogens with one attached hydrogen (secondary N) is 1. The normalized spacial score (nSPS) is 15.5. The molecule has 0 spiro atoms. The van der Waals surface area contributed by atoms with Gasteiger partial charge in [0.05, 0.1) is 7.11 Å². The molecule has 8 nitrogen and oxygen atoms in total. The molecule has 1 aromatic heterocycles. The Balaban J connectivity index is 1.64. The molecule has 2 aliphatic rings. The lowest BCUT2D eigenvalue weighted by Gasteiger charge is -2.18. The highest BCUT2D eigenvalue weighted by Gasteiger charge is 2.22. The molecule has 2 amide bonds. The Morgan fingerprint density at radius 1 is 1.16 bits per heavy atom. The average molecular weight is 432 g/mol. The number of hydrogen-bond donors (Lipinski definition) is 1. The maximum Gasteiger partial charge on any atom is 0.258 e. The number of methoxy groups -OCH3 is 1. The van der Waals surface area contributed by atoms with Crippen molar-refractivity contribution in [2.75, 3.05) is 26.8 Å². The molecule has 0 radical (unpaired) electrons. The topological polar surface area (TPSA) is 85.7 Å². The lowest BCUT2D eigenvalue weighted by Crippen LogP contribution is -2.29. The molecule has 0 aliphatic carbocycles. The summed E-state index contributed by atoms with van der Waals surface area (Å²) in [6.45, 7) is 1.69. The number of imidazole rings is 1. The highest BCUT2D eigenvalue weighted by Crippen LogP contribution is 2.33. The van der Waals surface area contributed by atoms with E-state index in [1.807, 2.05) is 46.0 Å². The second-order valence-electron chi connectivity index (χ2n) is 7.94. The minimum absolute atomic E-state index is 0.0120. The van der Waals surface area contributed by atoms with Gasteiger partial charge in [-0.05, 0) is 54.8 Å². The first-order valence-electron chi connectivity index (χ1n) is 10.7. The Labute approximate surface area is 185 Å². The Bertz CT molecular complexity index is 1180.